The van der Waals surface area contributed by atoms with E-state index in [-0.39, 0.29) is 23.8 Å². The number of amides is 2. The van der Waals surface area contributed by atoms with Crippen molar-refractivity contribution in [1.82, 2.24) is 10.2 Å². The van der Waals surface area contributed by atoms with Gasteiger partial charge in [-0.3, -0.25) is 14.5 Å². The fraction of sp³-hybridized carbons (Fsp3) is 0.462. The Morgan fingerprint density at radius 1 is 1.06 bits per heavy atom. The Balaban J connectivity index is 1.49. The van der Waals surface area contributed by atoms with Crippen LogP contribution in [0.5, 0.6) is 0 Å². The van der Waals surface area contributed by atoms with E-state index in [2.05, 4.69) is 15.5 Å². The van der Waals surface area contributed by atoms with Crippen LogP contribution in [0.1, 0.15) is 33.1 Å². The van der Waals surface area contributed by atoms with E-state index in [0.29, 0.717) is 19.8 Å². The number of nitrogens with zero attached hydrogens (tertiary/aromatic N) is 1. The normalized spacial score (nSPS) is 15.8. The van der Waals surface area contributed by atoms with Crippen LogP contribution in [0.3, 0.4) is 0 Å². The summed E-state index contributed by atoms with van der Waals surface area (Å²) in [7, 11) is 0. The Labute approximate surface area is 191 Å². The minimum Gasteiger partial charge on any atom is -0.382 e. The summed E-state index contributed by atoms with van der Waals surface area (Å²) in [5.74, 6) is 0.120. The zero-order chi connectivity index (χ0) is 22.8. The van der Waals surface area contributed by atoms with Crippen LogP contribution in [-0.4, -0.2) is 55.6 Å². The number of hydrogen-bond donors (Lipinski definition) is 2. The molecule has 1 aliphatic heterocycles. The zero-order valence-corrected chi connectivity index (χ0v) is 19.2. The highest BCUT2D eigenvalue weighted by Crippen LogP contribution is 2.28. The standard InChI is InChI=1S/C26H35N3O3/c1-3-32-19-9-16-27-26(31)22-14-17-29(18-15-22)20(2)25(30)28-24-13-8-7-12-23(24)21-10-5-4-6-11-21/h4-8,10-13,20,22H,3,9,14-19H2,1-2H3,(H,27,31)(H,28,30). The van der Waals surface area contributed by atoms with Crippen molar-refractivity contribution >= 4 is 17.5 Å². The number of benzene rings is 2. The first-order valence-corrected chi connectivity index (χ1v) is 11.6. The predicted octanol–water partition coefficient (Wildman–Crippen LogP) is 3.94. The van der Waals surface area contributed by atoms with Gasteiger partial charge >= 0.3 is 0 Å². The molecule has 1 atom stereocenters. The maximum atomic E-state index is 13.0. The number of carbonyl (C=O) groups is 2. The van der Waals surface area contributed by atoms with E-state index in [1.807, 2.05) is 68.4 Å². The van der Waals surface area contributed by atoms with Gasteiger partial charge in [-0.15, -0.1) is 0 Å². The number of likely N-dealkylation sites (tertiary alicyclic amines) is 1. The van der Waals surface area contributed by atoms with Gasteiger partial charge in [0.15, 0.2) is 0 Å². The molecule has 1 fully saturated rings. The molecular weight excluding hydrogens is 402 g/mol. The summed E-state index contributed by atoms with van der Waals surface area (Å²) in [6, 6.07) is 17.7. The molecule has 2 amide bonds. The Bertz CT molecular complexity index is 864. The first-order chi connectivity index (χ1) is 15.6. The number of ether oxygens (including phenoxy) is 1. The first-order valence-electron chi connectivity index (χ1n) is 11.6. The van der Waals surface area contributed by atoms with Crippen molar-refractivity contribution in [2.75, 3.05) is 38.2 Å². The number of carbonyl (C=O) groups excluding carboxylic acids is 2. The van der Waals surface area contributed by atoms with Crippen molar-refractivity contribution in [2.45, 2.75) is 39.2 Å². The number of piperidine rings is 1. The molecule has 1 saturated heterocycles. The second-order valence-corrected chi connectivity index (χ2v) is 8.23. The van der Waals surface area contributed by atoms with Crippen LogP contribution in [-0.2, 0) is 14.3 Å². The summed E-state index contributed by atoms with van der Waals surface area (Å²) in [5, 5.41) is 6.13. The Morgan fingerprint density at radius 3 is 2.47 bits per heavy atom. The molecule has 2 N–H and O–H groups in total. The second kappa shape index (κ2) is 12.4. The number of nitrogens with one attached hydrogen (secondary N) is 2. The van der Waals surface area contributed by atoms with Crippen molar-refractivity contribution < 1.29 is 14.3 Å². The van der Waals surface area contributed by atoms with E-state index in [9.17, 15) is 9.59 Å². The van der Waals surface area contributed by atoms with Gasteiger partial charge in [0.1, 0.15) is 0 Å². The van der Waals surface area contributed by atoms with E-state index in [1.165, 1.54) is 0 Å². The largest absolute Gasteiger partial charge is 0.382 e. The molecule has 3 rings (SSSR count). The van der Waals surface area contributed by atoms with E-state index in [4.69, 9.17) is 4.74 Å². The predicted molar refractivity (Wildman–Crippen MR) is 128 cm³/mol. The molecule has 1 heterocycles. The third kappa shape index (κ3) is 6.65. The third-order valence-electron chi connectivity index (χ3n) is 6.07. The highest BCUT2D eigenvalue weighted by molar-refractivity contribution is 5.98. The van der Waals surface area contributed by atoms with Gasteiger partial charge in [0, 0.05) is 36.9 Å². The molecule has 32 heavy (non-hydrogen) atoms. The number of anilines is 1. The van der Waals surface area contributed by atoms with E-state index in [0.717, 1.165) is 49.2 Å². The second-order valence-electron chi connectivity index (χ2n) is 8.23. The highest BCUT2D eigenvalue weighted by atomic mass is 16.5. The van der Waals surface area contributed by atoms with Gasteiger partial charge in [-0.25, -0.2) is 0 Å². The van der Waals surface area contributed by atoms with Crippen molar-refractivity contribution in [3.8, 4) is 11.1 Å². The third-order valence-corrected chi connectivity index (χ3v) is 6.07. The lowest BCUT2D eigenvalue weighted by molar-refractivity contribution is -0.127. The minimum absolute atomic E-state index is 0.0208. The van der Waals surface area contributed by atoms with Crippen molar-refractivity contribution in [3.05, 3.63) is 54.6 Å². The topological polar surface area (TPSA) is 70.7 Å². The molecule has 6 nitrogen and oxygen atoms in total. The van der Waals surface area contributed by atoms with E-state index >= 15 is 0 Å². The molecule has 6 heteroatoms. The molecule has 0 spiro atoms. The molecule has 1 aliphatic rings. The number of rotatable bonds is 10. The Morgan fingerprint density at radius 2 is 1.75 bits per heavy atom. The van der Waals surface area contributed by atoms with Crippen LogP contribution in [0, 0.1) is 5.92 Å². The summed E-state index contributed by atoms with van der Waals surface area (Å²) in [6.45, 7) is 7.42. The maximum Gasteiger partial charge on any atom is 0.241 e. The smallest absolute Gasteiger partial charge is 0.241 e. The molecule has 0 bridgehead atoms. The molecule has 0 radical (unpaired) electrons. The maximum absolute atomic E-state index is 13.0. The Kier molecular flexibility index (Phi) is 9.26. The monoisotopic (exact) mass is 437 g/mol. The van der Waals surface area contributed by atoms with Crippen LogP contribution in [0.25, 0.3) is 11.1 Å². The fourth-order valence-corrected chi connectivity index (χ4v) is 4.09. The lowest BCUT2D eigenvalue weighted by Crippen LogP contribution is -2.48. The fourth-order valence-electron chi connectivity index (χ4n) is 4.09. The van der Waals surface area contributed by atoms with Crippen LogP contribution >= 0.6 is 0 Å². The van der Waals surface area contributed by atoms with Crippen molar-refractivity contribution in [2.24, 2.45) is 5.92 Å². The van der Waals surface area contributed by atoms with Crippen LogP contribution in [0.4, 0.5) is 5.69 Å². The quantitative estimate of drug-likeness (QED) is 0.553. The summed E-state index contributed by atoms with van der Waals surface area (Å²) in [4.78, 5) is 27.6. The van der Waals surface area contributed by atoms with Gasteiger partial charge in [-0.2, -0.15) is 0 Å². The molecular formula is C26H35N3O3. The van der Waals surface area contributed by atoms with Gasteiger partial charge in [0.05, 0.1) is 6.04 Å². The van der Waals surface area contributed by atoms with Gasteiger partial charge in [-0.05, 0) is 57.8 Å². The van der Waals surface area contributed by atoms with E-state index in [1.54, 1.807) is 0 Å². The van der Waals surface area contributed by atoms with Crippen LogP contribution in [0.15, 0.2) is 54.6 Å². The summed E-state index contributed by atoms with van der Waals surface area (Å²) in [6.07, 6.45) is 2.38. The van der Waals surface area contributed by atoms with Crippen LogP contribution in [0.2, 0.25) is 0 Å². The lowest BCUT2D eigenvalue weighted by Gasteiger charge is -2.34. The summed E-state index contributed by atoms with van der Waals surface area (Å²) >= 11 is 0. The summed E-state index contributed by atoms with van der Waals surface area (Å²) in [5.41, 5.74) is 2.90. The average Bonchev–Trinajstić information content (AvgIpc) is 2.84. The van der Waals surface area contributed by atoms with E-state index < -0.39 is 0 Å². The van der Waals surface area contributed by atoms with Gasteiger partial charge < -0.3 is 15.4 Å². The van der Waals surface area contributed by atoms with Gasteiger partial charge in [-0.1, -0.05) is 48.5 Å². The molecule has 2 aromatic rings. The molecule has 1 unspecified atom stereocenters. The lowest BCUT2D eigenvalue weighted by atomic mass is 9.95. The highest BCUT2D eigenvalue weighted by Gasteiger charge is 2.29. The van der Waals surface area contributed by atoms with Gasteiger partial charge in [0.25, 0.3) is 0 Å². The first kappa shape index (κ1) is 24.0. The van der Waals surface area contributed by atoms with Crippen LogP contribution < -0.4 is 10.6 Å². The molecule has 0 saturated carbocycles. The van der Waals surface area contributed by atoms with Crippen molar-refractivity contribution in [3.63, 3.8) is 0 Å². The summed E-state index contributed by atoms with van der Waals surface area (Å²) < 4.78 is 5.30. The van der Waals surface area contributed by atoms with Gasteiger partial charge in [0.2, 0.25) is 11.8 Å². The average molecular weight is 438 g/mol. The molecule has 0 aliphatic carbocycles. The van der Waals surface area contributed by atoms with Crippen molar-refractivity contribution in [1.29, 1.82) is 0 Å². The molecule has 0 aromatic heterocycles. The number of para-hydroxylation sites is 1. The Hall–Kier alpha value is -2.70. The molecule has 172 valence electrons. The number of hydrogen-bond acceptors (Lipinski definition) is 4. The zero-order valence-electron chi connectivity index (χ0n) is 19.2. The molecule has 2 aromatic carbocycles. The minimum atomic E-state index is -0.256. The SMILES string of the molecule is CCOCCCNC(=O)C1CCN(C(C)C(=O)Nc2ccccc2-c2ccccc2)CC1.